The first-order chi connectivity index (χ1) is 11.4. The van der Waals surface area contributed by atoms with Crippen LogP contribution in [-0.4, -0.2) is 17.4 Å². The third-order valence-corrected chi connectivity index (χ3v) is 3.38. The van der Waals surface area contributed by atoms with E-state index in [1.807, 2.05) is 13.8 Å². The number of nitro groups is 1. The third kappa shape index (κ3) is 4.32. The summed E-state index contributed by atoms with van der Waals surface area (Å²) in [7, 11) is 0. The number of amides is 1. The smallest absolute Gasteiger partial charge is 0.271 e. The Bertz CT molecular complexity index is 756. The molecule has 0 aliphatic rings. The van der Waals surface area contributed by atoms with Gasteiger partial charge in [0.15, 0.2) is 0 Å². The van der Waals surface area contributed by atoms with E-state index in [2.05, 4.69) is 5.32 Å². The number of non-ortho nitro benzene ring substituents is 1. The number of benzene rings is 2. The lowest BCUT2D eigenvalue weighted by Crippen LogP contribution is -2.15. The molecule has 0 aliphatic heterocycles. The van der Waals surface area contributed by atoms with Gasteiger partial charge in [-0.2, -0.15) is 0 Å². The zero-order chi connectivity index (χ0) is 17.7. The number of nitrogens with zero attached hydrogens (tertiary/aromatic N) is 1. The summed E-state index contributed by atoms with van der Waals surface area (Å²) in [6, 6.07) is 11.3. The number of para-hydroxylation sites is 1. The van der Waals surface area contributed by atoms with Crippen LogP contribution in [0.3, 0.4) is 0 Å². The predicted octanol–water partition coefficient (Wildman–Crippen LogP) is 4.19. The van der Waals surface area contributed by atoms with Gasteiger partial charge in [-0.1, -0.05) is 32.0 Å². The van der Waals surface area contributed by atoms with Gasteiger partial charge in [0.25, 0.3) is 11.6 Å². The second-order valence-corrected chi connectivity index (χ2v) is 5.91. The van der Waals surface area contributed by atoms with Gasteiger partial charge in [0.05, 0.1) is 22.8 Å². The number of nitrogens with one attached hydrogen (secondary N) is 1. The van der Waals surface area contributed by atoms with Gasteiger partial charge in [-0.3, -0.25) is 14.9 Å². The number of hydrogen-bond acceptors (Lipinski definition) is 4. The van der Waals surface area contributed by atoms with Crippen molar-refractivity contribution in [2.24, 2.45) is 5.92 Å². The van der Waals surface area contributed by atoms with E-state index in [0.717, 1.165) is 5.56 Å². The standard InChI is InChI=1S/C18H20N2O4/c1-12(2)11-24-17-7-5-4-6-15(17)18(21)19-16-10-14(20(22)23)9-8-13(16)3/h4-10,12H,11H2,1-3H3,(H,19,21). The molecule has 0 radical (unpaired) electrons. The Morgan fingerprint density at radius 2 is 1.96 bits per heavy atom. The molecular weight excluding hydrogens is 308 g/mol. The molecule has 1 N–H and O–H groups in total. The predicted molar refractivity (Wildman–Crippen MR) is 92.6 cm³/mol. The van der Waals surface area contributed by atoms with E-state index in [1.54, 1.807) is 37.3 Å². The van der Waals surface area contributed by atoms with Crippen LogP contribution in [0.15, 0.2) is 42.5 Å². The van der Waals surface area contributed by atoms with Crippen LogP contribution in [0.4, 0.5) is 11.4 Å². The van der Waals surface area contributed by atoms with Gasteiger partial charge in [0, 0.05) is 12.1 Å². The number of rotatable bonds is 6. The topological polar surface area (TPSA) is 81.5 Å². The van der Waals surface area contributed by atoms with E-state index in [9.17, 15) is 14.9 Å². The summed E-state index contributed by atoms with van der Waals surface area (Å²) >= 11 is 0. The molecule has 126 valence electrons. The Hall–Kier alpha value is -2.89. The Labute approximate surface area is 140 Å². The highest BCUT2D eigenvalue weighted by atomic mass is 16.6. The molecule has 0 spiro atoms. The van der Waals surface area contributed by atoms with Crippen molar-refractivity contribution in [2.75, 3.05) is 11.9 Å². The Kier molecular flexibility index (Phi) is 5.52. The van der Waals surface area contributed by atoms with Crippen LogP contribution in [0.2, 0.25) is 0 Å². The van der Waals surface area contributed by atoms with Crippen molar-refractivity contribution in [1.82, 2.24) is 0 Å². The average Bonchev–Trinajstić information content (AvgIpc) is 2.54. The van der Waals surface area contributed by atoms with E-state index in [0.29, 0.717) is 29.5 Å². The Morgan fingerprint density at radius 1 is 1.25 bits per heavy atom. The minimum atomic E-state index is -0.491. The van der Waals surface area contributed by atoms with Gasteiger partial charge in [-0.25, -0.2) is 0 Å². The molecule has 1 amide bonds. The summed E-state index contributed by atoms with van der Waals surface area (Å²) in [6.45, 7) is 6.32. The highest BCUT2D eigenvalue weighted by Crippen LogP contribution is 2.24. The van der Waals surface area contributed by atoms with Gasteiger partial charge in [-0.05, 0) is 30.5 Å². The molecule has 2 aromatic rings. The van der Waals surface area contributed by atoms with Crippen molar-refractivity contribution in [2.45, 2.75) is 20.8 Å². The number of hydrogen-bond donors (Lipinski definition) is 1. The first-order valence-electron chi connectivity index (χ1n) is 7.66. The third-order valence-electron chi connectivity index (χ3n) is 3.38. The SMILES string of the molecule is Cc1ccc([N+](=O)[O-])cc1NC(=O)c1ccccc1OCC(C)C. The van der Waals surface area contributed by atoms with Gasteiger partial charge < -0.3 is 10.1 Å². The highest BCUT2D eigenvalue weighted by Gasteiger charge is 2.15. The number of carbonyl (C=O) groups excluding carboxylic acids is 1. The van der Waals surface area contributed by atoms with Gasteiger partial charge >= 0.3 is 0 Å². The highest BCUT2D eigenvalue weighted by molar-refractivity contribution is 6.06. The van der Waals surface area contributed by atoms with Crippen molar-refractivity contribution in [3.8, 4) is 5.75 Å². The van der Waals surface area contributed by atoms with Crippen LogP contribution < -0.4 is 10.1 Å². The quantitative estimate of drug-likeness (QED) is 0.637. The molecular formula is C18H20N2O4. The number of ether oxygens (including phenoxy) is 1. The van der Waals surface area contributed by atoms with Crippen LogP contribution in [0.5, 0.6) is 5.75 Å². The number of carbonyl (C=O) groups is 1. The fraction of sp³-hybridized carbons (Fsp3) is 0.278. The van der Waals surface area contributed by atoms with Crippen LogP contribution in [0, 0.1) is 23.0 Å². The summed E-state index contributed by atoms with van der Waals surface area (Å²) in [6.07, 6.45) is 0. The van der Waals surface area contributed by atoms with Crippen LogP contribution in [0.1, 0.15) is 29.8 Å². The molecule has 2 aromatic carbocycles. The molecule has 6 heteroatoms. The molecule has 0 unspecified atom stereocenters. The Morgan fingerprint density at radius 3 is 2.62 bits per heavy atom. The van der Waals surface area contributed by atoms with Crippen LogP contribution in [0.25, 0.3) is 0 Å². The van der Waals surface area contributed by atoms with E-state index in [1.165, 1.54) is 12.1 Å². The van der Waals surface area contributed by atoms with Gasteiger partial charge in [0.1, 0.15) is 5.75 Å². The minimum Gasteiger partial charge on any atom is -0.492 e. The van der Waals surface area contributed by atoms with Crippen molar-refractivity contribution < 1.29 is 14.5 Å². The van der Waals surface area contributed by atoms with E-state index in [-0.39, 0.29) is 11.6 Å². The second-order valence-electron chi connectivity index (χ2n) is 5.91. The average molecular weight is 328 g/mol. The maximum atomic E-state index is 12.6. The van der Waals surface area contributed by atoms with Gasteiger partial charge in [0.2, 0.25) is 0 Å². The van der Waals surface area contributed by atoms with E-state index in [4.69, 9.17) is 4.74 Å². The number of anilines is 1. The lowest BCUT2D eigenvalue weighted by molar-refractivity contribution is -0.384. The first kappa shape index (κ1) is 17.5. The fourth-order valence-corrected chi connectivity index (χ4v) is 2.08. The molecule has 2 rings (SSSR count). The van der Waals surface area contributed by atoms with Crippen LogP contribution in [-0.2, 0) is 0 Å². The molecule has 0 atom stereocenters. The molecule has 0 saturated carbocycles. The fourth-order valence-electron chi connectivity index (χ4n) is 2.08. The molecule has 0 saturated heterocycles. The molecule has 0 aromatic heterocycles. The first-order valence-corrected chi connectivity index (χ1v) is 7.66. The monoisotopic (exact) mass is 328 g/mol. The maximum absolute atomic E-state index is 12.6. The molecule has 24 heavy (non-hydrogen) atoms. The summed E-state index contributed by atoms with van der Waals surface area (Å²) in [5, 5.41) is 13.6. The number of nitro benzene ring substituents is 1. The second kappa shape index (κ2) is 7.59. The van der Waals surface area contributed by atoms with Crippen molar-refractivity contribution >= 4 is 17.3 Å². The lowest BCUT2D eigenvalue weighted by Gasteiger charge is -2.14. The molecule has 0 aliphatic carbocycles. The van der Waals surface area contributed by atoms with Crippen molar-refractivity contribution in [3.05, 3.63) is 63.7 Å². The molecule has 6 nitrogen and oxygen atoms in total. The summed E-state index contributed by atoms with van der Waals surface area (Å²) < 4.78 is 5.68. The minimum absolute atomic E-state index is 0.0692. The Balaban J connectivity index is 2.24. The zero-order valence-electron chi connectivity index (χ0n) is 13.9. The van der Waals surface area contributed by atoms with Crippen LogP contribution >= 0.6 is 0 Å². The maximum Gasteiger partial charge on any atom is 0.271 e. The molecule has 0 fully saturated rings. The van der Waals surface area contributed by atoms with Gasteiger partial charge in [-0.15, -0.1) is 0 Å². The summed E-state index contributed by atoms with van der Waals surface area (Å²) in [5.41, 5.74) is 1.48. The van der Waals surface area contributed by atoms with Crippen molar-refractivity contribution in [1.29, 1.82) is 0 Å². The van der Waals surface area contributed by atoms with Crippen molar-refractivity contribution in [3.63, 3.8) is 0 Å². The normalized spacial score (nSPS) is 10.5. The summed E-state index contributed by atoms with van der Waals surface area (Å²) in [4.78, 5) is 23.0. The molecule has 0 bridgehead atoms. The number of aryl methyl sites for hydroxylation is 1. The lowest BCUT2D eigenvalue weighted by atomic mass is 10.1. The van der Waals surface area contributed by atoms with E-state index < -0.39 is 4.92 Å². The largest absolute Gasteiger partial charge is 0.492 e. The summed E-state index contributed by atoms with van der Waals surface area (Å²) in [5.74, 6) is 0.463. The zero-order valence-corrected chi connectivity index (χ0v) is 13.9. The van der Waals surface area contributed by atoms with E-state index >= 15 is 0 Å². The molecule has 0 heterocycles.